The van der Waals surface area contributed by atoms with Crippen LogP contribution in [0.4, 0.5) is 0 Å². The third kappa shape index (κ3) is 7.77. The van der Waals surface area contributed by atoms with E-state index in [4.69, 9.17) is 0 Å². The molecule has 0 aliphatic rings. The zero-order valence-corrected chi connectivity index (χ0v) is 13.3. The fourth-order valence-electron chi connectivity index (χ4n) is 1.34. The van der Waals surface area contributed by atoms with E-state index in [2.05, 4.69) is 66.0 Å². The second-order valence-corrected chi connectivity index (χ2v) is 7.44. The largest absolute Gasteiger partial charge is 0.314 e. The van der Waals surface area contributed by atoms with Gasteiger partial charge in [0.15, 0.2) is 0 Å². The average molecular weight is 242 g/mol. The topological polar surface area (TPSA) is 24.1 Å². The number of hydrogen-bond acceptors (Lipinski definition) is 2. The summed E-state index contributed by atoms with van der Waals surface area (Å²) in [4.78, 5) is 0. The van der Waals surface area contributed by atoms with Crippen LogP contribution in [-0.4, -0.2) is 25.2 Å². The highest BCUT2D eigenvalue weighted by Crippen LogP contribution is 2.19. The predicted octanol–water partition coefficient (Wildman–Crippen LogP) is 3.42. The van der Waals surface area contributed by atoms with E-state index in [1.54, 1.807) is 0 Å². The minimum Gasteiger partial charge on any atom is -0.314 e. The van der Waals surface area contributed by atoms with E-state index in [1.165, 1.54) is 6.42 Å². The van der Waals surface area contributed by atoms with Crippen LogP contribution in [0.15, 0.2) is 0 Å². The minimum absolute atomic E-state index is 0.353. The summed E-state index contributed by atoms with van der Waals surface area (Å²) in [6.07, 6.45) is 1.20. The van der Waals surface area contributed by atoms with Crippen molar-refractivity contribution in [1.29, 1.82) is 0 Å². The quantitative estimate of drug-likeness (QED) is 0.697. The number of hydrogen-bond donors (Lipinski definition) is 2. The Labute approximate surface area is 109 Å². The maximum absolute atomic E-state index is 3.60. The minimum atomic E-state index is 0.353. The van der Waals surface area contributed by atoms with Gasteiger partial charge < -0.3 is 10.6 Å². The Morgan fingerprint density at radius 3 is 1.24 bits per heavy atom. The summed E-state index contributed by atoms with van der Waals surface area (Å²) >= 11 is 0. The normalized spacial score (nSPS) is 16.9. The van der Waals surface area contributed by atoms with Gasteiger partial charge in [-0.15, -0.1) is 0 Å². The smallest absolute Gasteiger partial charge is 0.00872 e. The van der Waals surface area contributed by atoms with Crippen molar-refractivity contribution in [1.82, 2.24) is 10.6 Å². The van der Waals surface area contributed by atoms with Crippen LogP contribution in [0.3, 0.4) is 0 Å². The first-order valence-electron chi connectivity index (χ1n) is 7.02. The Hall–Kier alpha value is -0.0800. The van der Waals surface area contributed by atoms with Crippen LogP contribution < -0.4 is 10.6 Å². The van der Waals surface area contributed by atoms with E-state index >= 15 is 0 Å². The summed E-state index contributed by atoms with van der Waals surface area (Å²) in [5.41, 5.74) is 0.707. The molecule has 0 aromatic rings. The third-order valence-corrected chi connectivity index (χ3v) is 3.85. The Morgan fingerprint density at radius 2 is 1.00 bits per heavy atom. The lowest BCUT2D eigenvalue weighted by molar-refractivity contribution is 0.273. The standard InChI is InChI=1S/C15H34N2/c1-12(14(3,4)5)16-10-9-11-17-13(2)15(6,7)8/h12-13,16-17H,9-11H2,1-8H3/t12-,13-/m0/s1. The molecule has 0 unspecified atom stereocenters. The summed E-state index contributed by atoms with van der Waals surface area (Å²) in [7, 11) is 0. The monoisotopic (exact) mass is 242 g/mol. The molecule has 0 bridgehead atoms. The fourth-order valence-corrected chi connectivity index (χ4v) is 1.34. The van der Waals surface area contributed by atoms with Gasteiger partial charge in [0.05, 0.1) is 0 Å². The SMILES string of the molecule is C[C@H](NCCCN[C@@H](C)C(C)(C)C)C(C)(C)C. The summed E-state index contributed by atoms with van der Waals surface area (Å²) in [5, 5.41) is 7.19. The lowest BCUT2D eigenvalue weighted by Gasteiger charge is -2.29. The van der Waals surface area contributed by atoms with Crippen LogP contribution in [0.25, 0.3) is 0 Å². The Balaban J connectivity index is 3.61. The van der Waals surface area contributed by atoms with Crippen LogP contribution in [0.2, 0.25) is 0 Å². The molecule has 0 amide bonds. The van der Waals surface area contributed by atoms with Gasteiger partial charge in [-0.3, -0.25) is 0 Å². The maximum Gasteiger partial charge on any atom is 0.00872 e. The van der Waals surface area contributed by atoms with E-state index in [0.717, 1.165) is 13.1 Å². The maximum atomic E-state index is 3.60. The van der Waals surface area contributed by atoms with Crippen molar-refractivity contribution in [3.63, 3.8) is 0 Å². The number of rotatable bonds is 6. The van der Waals surface area contributed by atoms with Crippen molar-refractivity contribution in [3.05, 3.63) is 0 Å². The lowest BCUT2D eigenvalue weighted by Crippen LogP contribution is -2.41. The zero-order valence-electron chi connectivity index (χ0n) is 13.3. The van der Waals surface area contributed by atoms with Gasteiger partial charge >= 0.3 is 0 Å². The van der Waals surface area contributed by atoms with Crippen LogP contribution in [0.1, 0.15) is 61.8 Å². The molecule has 0 spiro atoms. The van der Waals surface area contributed by atoms with Crippen molar-refractivity contribution in [3.8, 4) is 0 Å². The molecule has 0 aromatic carbocycles. The summed E-state index contributed by atoms with van der Waals surface area (Å²) in [5.74, 6) is 0. The first kappa shape index (κ1) is 16.9. The second kappa shape index (κ2) is 6.75. The molecule has 0 fully saturated rings. The first-order chi connectivity index (χ1) is 7.55. The van der Waals surface area contributed by atoms with Gasteiger partial charge in [0.1, 0.15) is 0 Å². The van der Waals surface area contributed by atoms with E-state index in [9.17, 15) is 0 Å². The van der Waals surface area contributed by atoms with Gasteiger partial charge in [0.25, 0.3) is 0 Å². The predicted molar refractivity (Wildman–Crippen MR) is 78.5 cm³/mol. The lowest BCUT2D eigenvalue weighted by atomic mass is 9.88. The van der Waals surface area contributed by atoms with Crippen LogP contribution in [-0.2, 0) is 0 Å². The molecule has 17 heavy (non-hydrogen) atoms. The molecule has 2 atom stereocenters. The van der Waals surface area contributed by atoms with Gasteiger partial charge in [0.2, 0.25) is 0 Å². The molecule has 0 aliphatic carbocycles. The van der Waals surface area contributed by atoms with E-state index in [-0.39, 0.29) is 0 Å². The molecule has 2 N–H and O–H groups in total. The van der Waals surface area contributed by atoms with Crippen molar-refractivity contribution < 1.29 is 0 Å². The van der Waals surface area contributed by atoms with Gasteiger partial charge in [-0.05, 0) is 44.2 Å². The van der Waals surface area contributed by atoms with Gasteiger partial charge in [0, 0.05) is 12.1 Å². The van der Waals surface area contributed by atoms with Crippen molar-refractivity contribution in [2.45, 2.75) is 73.9 Å². The van der Waals surface area contributed by atoms with E-state index in [0.29, 0.717) is 22.9 Å². The number of nitrogens with one attached hydrogen (secondary N) is 2. The summed E-state index contributed by atoms with van der Waals surface area (Å²) in [6, 6.07) is 1.14. The molecule has 2 heteroatoms. The Morgan fingerprint density at radius 1 is 0.706 bits per heavy atom. The molecule has 0 saturated carbocycles. The highest BCUT2D eigenvalue weighted by Gasteiger charge is 2.20. The van der Waals surface area contributed by atoms with Crippen LogP contribution in [0, 0.1) is 10.8 Å². The molecule has 0 radical (unpaired) electrons. The van der Waals surface area contributed by atoms with Crippen molar-refractivity contribution in [2.24, 2.45) is 10.8 Å². The van der Waals surface area contributed by atoms with Gasteiger partial charge in [-0.1, -0.05) is 41.5 Å². The second-order valence-electron chi connectivity index (χ2n) is 7.44. The molecule has 0 aliphatic heterocycles. The molecule has 0 heterocycles. The van der Waals surface area contributed by atoms with Crippen LogP contribution in [0.5, 0.6) is 0 Å². The highest BCUT2D eigenvalue weighted by atomic mass is 14.9. The molecule has 0 saturated heterocycles. The molecular formula is C15H34N2. The van der Waals surface area contributed by atoms with E-state index in [1.807, 2.05) is 0 Å². The van der Waals surface area contributed by atoms with Crippen molar-refractivity contribution >= 4 is 0 Å². The zero-order chi connectivity index (χ0) is 13.7. The van der Waals surface area contributed by atoms with Crippen LogP contribution >= 0.6 is 0 Å². The highest BCUT2D eigenvalue weighted by molar-refractivity contribution is 4.77. The average Bonchev–Trinajstić information content (AvgIpc) is 2.13. The Kier molecular flexibility index (Phi) is 6.71. The third-order valence-electron chi connectivity index (χ3n) is 3.85. The van der Waals surface area contributed by atoms with Gasteiger partial charge in [-0.25, -0.2) is 0 Å². The Bertz CT molecular complexity index is 176. The molecule has 0 rings (SSSR count). The first-order valence-corrected chi connectivity index (χ1v) is 7.02. The van der Waals surface area contributed by atoms with Gasteiger partial charge in [-0.2, -0.15) is 0 Å². The molecule has 0 aromatic heterocycles. The van der Waals surface area contributed by atoms with Crippen molar-refractivity contribution in [2.75, 3.05) is 13.1 Å². The fraction of sp³-hybridized carbons (Fsp3) is 1.00. The molecular weight excluding hydrogens is 208 g/mol. The van der Waals surface area contributed by atoms with E-state index < -0.39 is 0 Å². The summed E-state index contributed by atoms with van der Waals surface area (Å²) < 4.78 is 0. The summed E-state index contributed by atoms with van der Waals surface area (Å²) in [6.45, 7) is 20.4. The molecule has 2 nitrogen and oxygen atoms in total. The molecule has 104 valence electrons.